The smallest absolute Gasteiger partial charge is 0.334 e. The van der Waals surface area contributed by atoms with Gasteiger partial charge in [-0.2, -0.15) is 0 Å². The maximum Gasteiger partial charge on any atom is 0.334 e. The molecule has 2 aliphatic heterocycles. The van der Waals surface area contributed by atoms with Gasteiger partial charge in [0.15, 0.2) is 18.7 Å². The monoisotopic (exact) mass is 503 g/mol. The van der Waals surface area contributed by atoms with Crippen molar-refractivity contribution >= 4 is 11.9 Å². The minimum absolute atomic E-state index is 0.219. The normalized spacial score (nSPS) is 29.4. The van der Waals surface area contributed by atoms with Gasteiger partial charge in [-0.05, 0) is 25.8 Å². The van der Waals surface area contributed by atoms with Gasteiger partial charge in [-0.15, -0.1) is 0 Å². The zero-order chi connectivity index (χ0) is 26.1. The summed E-state index contributed by atoms with van der Waals surface area (Å²) < 4.78 is 35.7. The van der Waals surface area contributed by atoms with Crippen LogP contribution in [0.15, 0.2) is 54.1 Å². The van der Waals surface area contributed by atoms with Gasteiger partial charge in [0.05, 0.1) is 20.3 Å². The summed E-state index contributed by atoms with van der Waals surface area (Å²) in [4.78, 5) is 24.4. The van der Waals surface area contributed by atoms with Crippen molar-refractivity contribution in [2.75, 3.05) is 13.7 Å². The maximum absolute atomic E-state index is 12.2. The van der Waals surface area contributed by atoms with Gasteiger partial charge >= 0.3 is 5.97 Å². The number of esters is 1. The highest BCUT2D eigenvalue weighted by atomic mass is 16.8. The average molecular weight is 504 g/mol. The first-order valence-corrected chi connectivity index (χ1v) is 12.3. The molecule has 1 aromatic carbocycles. The summed E-state index contributed by atoms with van der Waals surface area (Å²) in [6, 6.07) is 8.88. The van der Waals surface area contributed by atoms with E-state index in [1.54, 1.807) is 6.92 Å². The summed E-state index contributed by atoms with van der Waals surface area (Å²) in [6.45, 7) is 7.43. The third-order valence-corrected chi connectivity index (χ3v) is 6.01. The Labute approximate surface area is 212 Å². The number of amides is 1. The summed E-state index contributed by atoms with van der Waals surface area (Å²) in [5.74, 6) is -0.830. The van der Waals surface area contributed by atoms with Crippen LogP contribution in [0, 0.1) is 0 Å². The van der Waals surface area contributed by atoms with Crippen molar-refractivity contribution in [3.8, 4) is 0 Å². The standard InChI is InChI=1S/C27H37NO8/c1-6-8-14-20(7-2)26-33-16-21-23(36-26)24(34-17(3)25(30)31-5)22(28-18(4)29)27(35-21)32-15-19-12-10-9-11-13-19/h7-14,17,21-24,26-27H,6,15-16H2,1-5H3,(H,28,29)/b14-8-,20-7+/t17-,21?,22?,23-,24?,26?,27+/m1/s1. The van der Waals surface area contributed by atoms with Crippen LogP contribution in [0.2, 0.25) is 0 Å². The second kappa shape index (κ2) is 13.7. The minimum atomic E-state index is -0.907. The minimum Gasteiger partial charge on any atom is -0.467 e. The van der Waals surface area contributed by atoms with E-state index in [9.17, 15) is 9.59 Å². The van der Waals surface area contributed by atoms with Crippen LogP contribution in [0.1, 0.15) is 39.7 Å². The lowest BCUT2D eigenvalue weighted by molar-refractivity contribution is -0.342. The number of benzene rings is 1. The Morgan fingerprint density at radius 1 is 1.22 bits per heavy atom. The van der Waals surface area contributed by atoms with E-state index in [2.05, 4.69) is 5.32 Å². The van der Waals surface area contributed by atoms with Gasteiger partial charge in [-0.3, -0.25) is 4.79 Å². The molecule has 4 unspecified atom stereocenters. The van der Waals surface area contributed by atoms with Crippen LogP contribution in [0.4, 0.5) is 0 Å². The van der Waals surface area contributed by atoms with Crippen molar-refractivity contribution < 1.29 is 38.0 Å². The molecule has 2 saturated heterocycles. The lowest BCUT2D eigenvalue weighted by Gasteiger charge is -2.49. The molecule has 0 aliphatic carbocycles. The Kier molecular flexibility index (Phi) is 10.6. The molecule has 36 heavy (non-hydrogen) atoms. The predicted molar refractivity (Wildman–Crippen MR) is 132 cm³/mol. The highest BCUT2D eigenvalue weighted by molar-refractivity contribution is 5.74. The van der Waals surface area contributed by atoms with Crippen molar-refractivity contribution in [1.82, 2.24) is 5.32 Å². The van der Waals surface area contributed by atoms with Crippen molar-refractivity contribution in [3.05, 3.63) is 59.7 Å². The van der Waals surface area contributed by atoms with Gasteiger partial charge in [0.25, 0.3) is 0 Å². The summed E-state index contributed by atoms with van der Waals surface area (Å²) in [6.07, 6.45) is 2.38. The Morgan fingerprint density at radius 2 is 1.97 bits per heavy atom. The van der Waals surface area contributed by atoms with E-state index >= 15 is 0 Å². The molecule has 2 aliphatic rings. The number of nitrogens with one attached hydrogen (secondary N) is 1. The molecule has 2 fully saturated rings. The van der Waals surface area contributed by atoms with Crippen LogP contribution in [0.3, 0.4) is 0 Å². The summed E-state index contributed by atoms with van der Waals surface area (Å²) >= 11 is 0. The van der Waals surface area contributed by atoms with Crippen molar-refractivity contribution in [1.29, 1.82) is 0 Å². The Morgan fingerprint density at radius 3 is 2.61 bits per heavy atom. The number of fused-ring (bicyclic) bond motifs is 1. The summed E-state index contributed by atoms with van der Waals surface area (Å²) in [7, 11) is 1.30. The molecule has 9 heteroatoms. The fourth-order valence-electron chi connectivity index (χ4n) is 4.21. The number of hydrogen-bond donors (Lipinski definition) is 1. The molecule has 1 aromatic rings. The number of hydrogen-bond acceptors (Lipinski definition) is 8. The maximum atomic E-state index is 12.2. The molecule has 0 bridgehead atoms. The van der Waals surface area contributed by atoms with Gasteiger partial charge < -0.3 is 33.7 Å². The van der Waals surface area contributed by atoms with Gasteiger partial charge in [0, 0.05) is 12.5 Å². The predicted octanol–water partition coefficient (Wildman–Crippen LogP) is 3.03. The quantitative estimate of drug-likeness (QED) is 0.384. The van der Waals surface area contributed by atoms with E-state index < -0.39 is 49.0 Å². The second-order valence-electron chi connectivity index (χ2n) is 8.70. The van der Waals surface area contributed by atoms with Crippen LogP contribution in [0.25, 0.3) is 0 Å². The Bertz CT molecular complexity index is 918. The lowest BCUT2D eigenvalue weighted by atomic mass is 9.95. The first kappa shape index (κ1) is 28.0. The molecule has 0 aromatic heterocycles. The van der Waals surface area contributed by atoms with E-state index in [-0.39, 0.29) is 19.1 Å². The number of allylic oxidation sites excluding steroid dienone is 2. The van der Waals surface area contributed by atoms with E-state index in [0.717, 1.165) is 17.6 Å². The van der Waals surface area contributed by atoms with Crippen LogP contribution in [-0.4, -0.2) is 68.6 Å². The topological polar surface area (TPSA) is 102 Å². The molecular weight excluding hydrogens is 466 g/mol. The molecular formula is C27H37NO8. The molecule has 198 valence electrons. The third kappa shape index (κ3) is 7.24. The molecule has 0 spiro atoms. The van der Waals surface area contributed by atoms with Gasteiger partial charge in [0.2, 0.25) is 5.91 Å². The molecule has 0 radical (unpaired) electrons. The van der Waals surface area contributed by atoms with Crippen molar-refractivity contribution in [2.24, 2.45) is 0 Å². The highest BCUT2D eigenvalue weighted by Crippen LogP contribution is 2.34. The van der Waals surface area contributed by atoms with Crippen LogP contribution in [-0.2, 0) is 44.6 Å². The van der Waals surface area contributed by atoms with Crippen molar-refractivity contribution in [2.45, 2.75) is 83.8 Å². The molecule has 0 saturated carbocycles. The van der Waals surface area contributed by atoms with E-state index in [0.29, 0.717) is 0 Å². The fraction of sp³-hybridized carbons (Fsp3) is 0.556. The SMILES string of the molecule is C/C=C(\C=C/CC)C1OCC2O[C@H](OCc3ccccc3)C(NC(C)=O)C(O[C@H](C)C(=O)OC)[C@@H]2O1. The lowest BCUT2D eigenvalue weighted by Crippen LogP contribution is -2.68. The summed E-state index contributed by atoms with van der Waals surface area (Å²) in [5.41, 5.74) is 1.80. The molecule has 3 rings (SSSR count). The first-order valence-electron chi connectivity index (χ1n) is 12.3. The van der Waals surface area contributed by atoms with Gasteiger partial charge in [-0.25, -0.2) is 4.79 Å². The third-order valence-electron chi connectivity index (χ3n) is 6.01. The largest absolute Gasteiger partial charge is 0.467 e. The number of carbonyl (C=O) groups excluding carboxylic acids is 2. The Balaban J connectivity index is 1.89. The molecule has 1 N–H and O–H groups in total. The van der Waals surface area contributed by atoms with Crippen molar-refractivity contribution in [3.63, 3.8) is 0 Å². The Hall–Kier alpha value is -2.56. The van der Waals surface area contributed by atoms with Gasteiger partial charge in [-0.1, -0.05) is 55.5 Å². The average Bonchev–Trinajstić information content (AvgIpc) is 2.89. The number of methoxy groups -OCH3 is 1. The highest BCUT2D eigenvalue weighted by Gasteiger charge is 2.52. The molecule has 7 atom stereocenters. The zero-order valence-corrected chi connectivity index (χ0v) is 21.5. The number of rotatable bonds is 10. The van der Waals surface area contributed by atoms with E-state index in [4.69, 9.17) is 28.4 Å². The molecule has 1 amide bonds. The molecule has 9 nitrogen and oxygen atoms in total. The van der Waals surface area contributed by atoms with E-state index in [1.807, 2.05) is 62.4 Å². The van der Waals surface area contributed by atoms with Crippen LogP contribution < -0.4 is 5.32 Å². The first-order chi connectivity index (χ1) is 17.4. The fourth-order valence-corrected chi connectivity index (χ4v) is 4.21. The van der Waals surface area contributed by atoms with Crippen LogP contribution >= 0.6 is 0 Å². The number of ether oxygens (including phenoxy) is 6. The second-order valence-corrected chi connectivity index (χ2v) is 8.70. The number of carbonyl (C=O) groups is 2. The van der Waals surface area contributed by atoms with Crippen LogP contribution in [0.5, 0.6) is 0 Å². The van der Waals surface area contributed by atoms with E-state index in [1.165, 1.54) is 14.0 Å². The summed E-state index contributed by atoms with van der Waals surface area (Å²) in [5, 5.41) is 2.89. The zero-order valence-electron chi connectivity index (χ0n) is 21.5. The van der Waals surface area contributed by atoms with Gasteiger partial charge in [0.1, 0.15) is 24.4 Å². The molecule has 2 heterocycles.